The Bertz CT molecular complexity index is 710. The molecule has 2 aliphatic rings. The fourth-order valence-electron chi connectivity index (χ4n) is 3.10. The molecule has 0 aliphatic carbocycles. The van der Waals surface area contributed by atoms with Gasteiger partial charge in [0.25, 0.3) is 0 Å². The molecule has 1 unspecified atom stereocenters. The first-order chi connectivity index (χ1) is 10.8. The molecule has 2 aromatic rings. The first-order valence-corrected chi connectivity index (χ1v) is 8.60. The van der Waals surface area contributed by atoms with Gasteiger partial charge in [-0.05, 0) is 54.7 Å². The Morgan fingerprint density at radius 1 is 1.17 bits per heavy atom. The number of fused-ring (bicyclic) bond motifs is 2. The molecule has 0 saturated heterocycles. The van der Waals surface area contributed by atoms with Crippen LogP contribution in [0.25, 0.3) is 0 Å². The molecule has 0 fully saturated rings. The highest BCUT2D eigenvalue weighted by atomic mass is 35.5. The highest BCUT2D eigenvalue weighted by Gasteiger charge is 2.28. The summed E-state index contributed by atoms with van der Waals surface area (Å²) in [5.41, 5.74) is 4.68. The maximum Gasteiger partial charge on any atom is 0.238 e. The van der Waals surface area contributed by atoms with E-state index < -0.39 is 0 Å². The number of thioether (sulfide) groups is 1. The van der Waals surface area contributed by atoms with Crippen LogP contribution in [0.15, 0.2) is 47.4 Å². The fraction of sp³-hybridized carbons (Fsp3) is 0.278. The molecule has 120 valence electrons. The van der Waals surface area contributed by atoms with E-state index in [1.54, 1.807) is 11.8 Å². The second-order valence-electron chi connectivity index (χ2n) is 5.81. The third-order valence-corrected chi connectivity index (χ3v) is 5.57. The minimum Gasteiger partial charge on any atom is -0.385 e. The van der Waals surface area contributed by atoms with Crippen molar-refractivity contribution in [3.63, 3.8) is 0 Å². The molecule has 0 saturated carbocycles. The number of amides is 1. The van der Waals surface area contributed by atoms with Gasteiger partial charge >= 0.3 is 0 Å². The van der Waals surface area contributed by atoms with Gasteiger partial charge < -0.3 is 10.6 Å². The summed E-state index contributed by atoms with van der Waals surface area (Å²) in [6.07, 6.45) is 3.05. The predicted octanol–water partition coefficient (Wildman–Crippen LogP) is 4.12. The third kappa shape index (κ3) is 3.33. The predicted molar refractivity (Wildman–Crippen MR) is 98.9 cm³/mol. The van der Waals surface area contributed by atoms with Crippen LogP contribution in [0.2, 0.25) is 0 Å². The Hall–Kier alpha value is -1.65. The number of anilines is 2. The number of carbonyl (C=O) groups is 1. The lowest BCUT2D eigenvalue weighted by Gasteiger charge is -2.19. The van der Waals surface area contributed by atoms with E-state index in [2.05, 4.69) is 34.9 Å². The molecule has 0 spiro atoms. The smallest absolute Gasteiger partial charge is 0.238 e. The summed E-state index contributed by atoms with van der Waals surface area (Å²) in [6.45, 7) is 1.04. The van der Waals surface area contributed by atoms with E-state index in [9.17, 15) is 4.79 Å². The Balaban J connectivity index is 0.00000156. The minimum atomic E-state index is -0.0217. The molecule has 2 aromatic carbocycles. The molecule has 5 heteroatoms. The average Bonchev–Trinajstić information content (AvgIpc) is 2.99. The van der Waals surface area contributed by atoms with E-state index in [1.807, 2.05) is 18.2 Å². The summed E-state index contributed by atoms with van der Waals surface area (Å²) in [4.78, 5) is 13.7. The van der Waals surface area contributed by atoms with E-state index in [1.165, 1.54) is 21.7 Å². The van der Waals surface area contributed by atoms with Crippen molar-refractivity contribution >= 4 is 41.5 Å². The molecule has 4 rings (SSSR count). The highest BCUT2D eigenvalue weighted by Crippen LogP contribution is 2.37. The van der Waals surface area contributed by atoms with Crippen molar-refractivity contribution < 1.29 is 4.79 Å². The summed E-state index contributed by atoms with van der Waals surface area (Å²) in [6, 6.07) is 14.4. The molecule has 23 heavy (non-hydrogen) atoms. The monoisotopic (exact) mass is 346 g/mol. The number of hydrogen-bond acceptors (Lipinski definition) is 3. The normalized spacial score (nSPS) is 18.2. The van der Waals surface area contributed by atoms with Crippen molar-refractivity contribution in [2.75, 3.05) is 17.2 Å². The number of hydrogen-bond donors (Lipinski definition) is 2. The Labute approximate surface area is 146 Å². The molecule has 2 N–H and O–H groups in total. The van der Waals surface area contributed by atoms with E-state index in [4.69, 9.17) is 0 Å². The van der Waals surface area contributed by atoms with Gasteiger partial charge in [0.05, 0.1) is 5.25 Å². The zero-order chi connectivity index (χ0) is 14.9. The molecule has 1 amide bonds. The molecule has 1 atom stereocenters. The molecular formula is C18H19ClN2OS. The Morgan fingerprint density at radius 3 is 2.91 bits per heavy atom. The second-order valence-corrected chi connectivity index (χ2v) is 7.05. The van der Waals surface area contributed by atoms with Crippen LogP contribution in [-0.4, -0.2) is 17.7 Å². The van der Waals surface area contributed by atoms with Gasteiger partial charge in [-0.3, -0.25) is 4.79 Å². The summed E-state index contributed by atoms with van der Waals surface area (Å²) >= 11 is 1.67. The summed E-state index contributed by atoms with van der Waals surface area (Å²) in [5.74, 6) is 0.102. The van der Waals surface area contributed by atoms with Gasteiger partial charge in [0.2, 0.25) is 5.91 Å². The van der Waals surface area contributed by atoms with Crippen LogP contribution in [0.5, 0.6) is 0 Å². The van der Waals surface area contributed by atoms with Gasteiger partial charge in [-0.1, -0.05) is 18.2 Å². The van der Waals surface area contributed by atoms with Gasteiger partial charge in [0.1, 0.15) is 0 Å². The third-order valence-electron chi connectivity index (χ3n) is 4.25. The Kier molecular flexibility index (Phi) is 4.83. The largest absolute Gasteiger partial charge is 0.385 e. The second kappa shape index (κ2) is 6.85. The lowest BCUT2D eigenvalue weighted by Crippen LogP contribution is -2.24. The molecule has 0 bridgehead atoms. The minimum absolute atomic E-state index is 0. The molecule has 2 aliphatic heterocycles. The molecular weight excluding hydrogens is 328 g/mol. The number of benzene rings is 2. The average molecular weight is 347 g/mol. The van der Waals surface area contributed by atoms with E-state index in [0.717, 1.165) is 31.5 Å². The topological polar surface area (TPSA) is 41.1 Å². The number of aryl methyl sites for hydroxylation is 1. The lowest BCUT2D eigenvalue weighted by molar-refractivity contribution is -0.115. The zero-order valence-electron chi connectivity index (χ0n) is 12.7. The summed E-state index contributed by atoms with van der Waals surface area (Å²) < 4.78 is 0. The van der Waals surface area contributed by atoms with Crippen molar-refractivity contribution in [3.05, 3.63) is 53.6 Å². The van der Waals surface area contributed by atoms with Crippen molar-refractivity contribution in [2.45, 2.75) is 29.4 Å². The number of carbonyl (C=O) groups excluding carboxylic acids is 1. The van der Waals surface area contributed by atoms with E-state index in [0.29, 0.717) is 0 Å². The van der Waals surface area contributed by atoms with Gasteiger partial charge in [-0.2, -0.15) is 0 Å². The highest BCUT2D eigenvalue weighted by molar-refractivity contribution is 8.01. The molecule has 3 nitrogen and oxygen atoms in total. The van der Waals surface area contributed by atoms with Crippen LogP contribution in [0.1, 0.15) is 17.5 Å². The summed E-state index contributed by atoms with van der Waals surface area (Å²) in [5, 5.41) is 6.45. The number of rotatable bonds is 2. The maximum absolute atomic E-state index is 12.5. The van der Waals surface area contributed by atoms with Crippen LogP contribution >= 0.6 is 24.2 Å². The first kappa shape index (κ1) is 16.2. The van der Waals surface area contributed by atoms with Crippen LogP contribution in [0.3, 0.4) is 0 Å². The van der Waals surface area contributed by atoms with Crippen LogP contribution in [0, 0.1) is 0 Å². The first-order valence-electron chi connectivity index (χ1n) is 7.72. The van der Waals surface area contributed by atoms with E-state index >= 15 is 0 Å². The van der Waals surface area contributed by atoms with Crippen molar-refractivity contribution in [3.8, 4) is 0 Å². The van der Waals surface area contributed by atoms with Crippen molar-refractivity contribution in [2.24, 2.45) is 0 Å². The van der Waals surface area contributed by atoms with Crippen molar-refractivity contribution in [1.29, 1.82) is 0 Å². The van der Waals surface area contributed by atoms with Gasteiger partial charge in [-0.25, -0.2) is 0 Å². The van der Waals surface area contributed by atoms with Crippen LogP contribution < -0.4 is 10.6 Å². The van der Waals surface area contributed by atoms with Crippen LogP contribution in [0.4, 0.5) is 11.4 Å². The molecule has 0 radical (unpaired) electrons. The van der Waals surface area contributed by atoms with Gasteiger partial charge in [0, 0.05) is 22.8 Å². The quantitative estimate of drug-likeness (QED) is 0.859. The van der Waals surface area contributed by atoms with Gasteiger partial charge in [-0.15, -0.1) is 24.2 Å². The lowest BCUT2D eigenvalue weighted by atomic mass is 10.0. The SMILES string of the molecule is Cl.O=C(Nc1ccc2c(c1)CCCN2)C1Cc2ccccc2S1. The summed E-state index contributed by atoms with van der Waals surface area (Å²) in [7, 11) is 0. The number of halogens is 1. The van der Waals surface area contributed by atoms with Gasteiger partial charge in [0.15, 0.2) is 0 Å². The fourth-order valence-corrected chi connectivity index (χ4v) is 4.30. The number of nitrogens with one attached hydrogen (secondary N) is 2. The van der Waals surface area contributed by atoms with Crippen LogP contribution in [-0.2, 0) is 17.6 Å². The Morgan fingerprint density at radius 2 is 2.04 bits per heavy atom. The molecule has 2 heterocycles. The maximum atomic E-state index is 12.5. The zero-order valence-corrected chi connectivity index (χ0v) is 14.3. The standard InChI is InChI=1S/C18H18N2OS.ClH/c21-18(17-11-13-4-1-2-6-16(13)22-17)20-14-7-8-15-12(10-14)5-3-9-19-15;/h1-2,4,6-8,10,17,19H,3,5,9,11H2,(H,20,21);1H. The van der Waals surface area contributed by atoms with Crippen molar-refractivity contribution in [1.82, 2.24) is 0 Å². The van der Waals surface area contributed by atoms with E-state index in [-0.39, 0.29) is 23.6 Å². The molecule has 0 aromatic heterocycles.